The van der Waals surface area contributed by atoms with Gasteiger partial charge in [-0.3, -0.25) is 4.68 Å². The molecule has 1 aromatic carbocycles. The van der Waals surface area contributed by atoms with Gasteiger partial charge in [-0.2, -0.15) is 5.10 Å². The van der Waals surface area contributed by atoms with E-state index in [1.54, 1.807) is 10.7 Å². The van der Waals surface area contributed by atoms with Gasteiger partial charge >= 0.3 is 5.97 Å². The van der Waals surface area contributed by atoms with E-state index in [2.05, 4.69) is 5.10 Å². The Hall–Kier alpha value is -2.10. The van der Waals surface area contributed by atoms with Gasteiger partial charge in [0, 0.05) is 6.54 Å². The van der Waals surface area contributed by atoms with Gasteiger partial charge in [-0.15, -0.1) is 0 Å². The van der Waals surface area contributed by atoms with Gasteiger partial charge in [0.1, 0.15) is 0 Å². The zero-order valence-electron chi connectivity index (χ0n) is 9.84. The molecule has 2 rings (SSSR count). The summed E-state index contributed by atoms with van der Waals surface area (Å²) in [5.41, 5.74) is 3.08. The van der Waals surface area contributed by atoms with Crippen molar-refractivity contribution in [3.05, 3.63) is 41.6 Å². The molecular formula is C13H14N2O2. The Balaban J connectivity index is 2.50. The second-order valence-corrected chi connectivity index (χ2v) is 3.90. The molecule has 0 saturated heterocycles. The average Bonchev–Trinajstić information content (AvgIpc) is 2.74. The number of hydrogen-bond acceptors (Lipinski definition) is 2. The normalized spacial score (nSPS) is 10.5. The Kier molecular flexibility index (Phi) is 2.95. The summed E-state index contributed by atoms with van der Waals surface area (Å²) in [7, 11) is 0. The van der Waals surface area contributed by atoms with Crippen LogP contribution in [-0.4, -0.2) is 20.9 Å². The number of benzene rings is 1. The molecule has 0 aliphatic heterocycles. The fourth-order valence-corrected chi connectivity index (χ4v) is 1.72. The monoisotopic (exact) mass is 230 g/mol. The summed E-state index contributed by atoms with van der Waals surface area (Å²) >= 11 is 0. The first-order valence-corrected chi connectivity index (χ1v) is 5.50. The van der Waals surface area contributed by atoms with Gasteiger partial charge in [0.2, 0.25) is 0 Å². The van der Waals surface area contributed by atoms with Crippen molar-refractivity contribution in [2.75, 3.05) is 0 Å². The highest BCUT2D eigenvalue weighted by Gasteiger charge is 2.13. The maximum Gasteiger partial charge on any atom is 0.356 e. The Morgan fingerprint density at radius 1 is 1.35 bits per heavy atom. The molecule has 0 unspecified atom stereocenters. The molecule has 0 atom stereocenters. The van der Waals surface area contributed by atoms with Gasteiger partial charge in [0.25, 0.3) is 0 Å². The minimum absolute atomic E-state index is 0.0856. The van der Waals surface area contributed by atoms with E-state index in [0.717, 1.165) is 11.3 Å². The summed E-state index contributed by atoms with van der Waals surface area (Å²) in [5.74, 6) is -0.995. The molecule has 0 radical (unpaired) electrons. The van der Waals surface area contributed by atoms with Crippen LogP contribution in [0.25, 0.3) is 11.3 Å². The summed E-state index contributed by atoms with van der Waals surface area (Å²) in [4.78, 5) is 10.9. The summed E-state index contributed by atoms with van der Waals surface area (Å²) in [6.07, 6.45) is 0. The number of aromatic carboxylic acids is 1. The summed E-state index contributed by atoms with van der Waals surface area (Å²) in [5, 5.41) is 13.0. The SMILES string of the molecule is CCn1nc(C(=O)O)cc1-c1ccc(C)cc1. The van der Waals surface area contributed by atoms with Crippen LogP contribution in [0.15, 0.2) is 30.3 Å². The van der Waals surface area contributed by atoms with E-state index in [1.807, 2.05) is 38.1 Å². The fraction of sp³-hybridized carbons (Fsp3) is 0.231. The number of nitrogens with zero attached hydrogens (tertiary/aromatic N) is 2. The number of carbonyl (C=O) groups is 1. The first kappa shape index (κ1) is 11.4. The van der Waals surface area contributed by atoms with Gasteiger partial charge in [-0.25, -0.2) is 4.79 Å². The second-order valence-electron chi connectivity index (χ2n) is 3.90. The van der Waals surface area contributed by atoms with E-state index in [1.165, 1.54) is 5.56 Å². The molecule has 0 bridgehead atoms. The standard InChI is InChI=1S/C13H14N2O2/c1-3-15-12(8-11(14-15)13(16)17)10-6-4-9(2)5-7-10/h4-8H,3H2,1-2H3,(H,16,17). The molecule has 0 aliphatic carbocycles. The third-order valence-corrected chi connectivity index (χ3v) is 2.65. The zero-order valence-corrected chi connectivity index (χ0v) is 9.84. The first-order chi connectivity index (χ1) is 8.11. The number of aromatic nitrogens is 2. The van der Waals surface area contributed by atoms with Crippen molar-refractivity contribution in [1.82, 2.24) is 9.78 Å². The maximum absolute atomic E-state index is 10.9. The predicted octanol–water partition coefficient (Wildman–Crippen LogP) is 2.58. The van der Waals surface area contributed by atoms with Gasteiger partial charge in [-0.1, -0.05) is 29.8 Å². The van der Waals surface area contributed by atoms with Crippen molar-refractivity contribution in [3.8, 4) is 11.3 Å². The van der Waals surface area contributed by atoms with Crippen molar-refractivity contribution in [1.29, 1.82) is 0 Å². The Morgan fingerprint density at radius 3 is 2.53 bits per heavy atom. The molecule has 0 fully saturated rings. The molecule has 0 saturated carbocycles. The highest BCUT2D eigenvalue weighted by molar-refractivity contribution is 5.87. The summed E-state index contributed by atoms with van der Waals surface area (Å²) < 4.78 is 1.70. The van der Waals surface area contributed by atoms with Crippen molar-refractivity contribution in [2.24, 2.45) is 0 Å². The molecule has 0 spiro atoms. The minimum atomic E-state index is -0.995. The Labute approximate surface area is 99.5 Å². The molecule has 4 nitrogen and oxygen atoms in total. The van der Waals surface area contributed by atoms with Gasteiger partial charge in [0.15, 0.2) is 5.69 Å². The van der Waals surface area contributed by atoms with Crippen LogP contribution in [-0.2, 0) is 6.54 Å². The molecule has 0 amide bonds. The van der Waals surface area contributed by atoms with Crippen LogP contribution in [0.1, 0.15) is 23.0 Å². The van der Waals surface area contributed by atoms with Crippen LogP contribution in [0, 0.1) is 6.92 Å². The largest absolute Gasteiger partial charge is 0.476 e. The van der Waals surface area contributed by atoms with Crippen LogP contribution < -0.4 is 0 Å². The van der Waals surface area contributed by atoms with Crippen molar-refractivity contribution < 1.29 is 9.90 Å². The zero-order chi connectivity index (χ0) is 12.4. The lowest BCUT2D eigenvalue weighted by Gasteiger charge is -2.04. The number of aryl methyl sites for hydroxylation is 2. The van der Waals surface area contributed by atoms with Crippen LogP contribution in [0.5, 0.6) is 0 Å². The molecule has 17 heavy (non-hydrogen) atoms. The predicted molar refractivity (Wildman–Crippen MR) is 65.0 cm³/mol. The van der Waals surface area contributed by atoms with Crippen molar-refractivity contribution in [3.63, 3.8) is 0 Å². The van der Waals surface area contributed by atoms with Crippen LogP contribution in [0.3, 0.4) is 0 Å². The molecular weight excluding hydrogens is 216 g/mol. The first-order valence-electron chi connectivity index (χ1n) is 5.50. The van der Waals surface area contributed by atoms with E-state index >= 15 is 0 Å². The van der Waals surface area contributed by atoms with Gasteiger partial charge in [0.05, 0.1) is 5.69 Å². The lowest BCUT2D eigenvalue weighted by Crippen LogP contribution is -2.02. The Morgan fingerprint density at radius 2 is 2.00 bits per heavy atom. The van der Waals surface area contributed by atoms with Crippen LogP contribution in [0.4, 0.5) is 0 Å². The lowest BCUT2D eigenvalue weighted by atomic mass is 10.1. The third-order valence-electron chi connectivity index (χ3n) is 2.65. The molecule has 1 heterocycles. The molecule has 4 heteroatoms. The Bertz CT molecular complexity index is 541. The number of carboxylic acid groups (broad SMARTS) is 1. The molecule has 1 aromatic heterocycles. The van der Waals surface area contributed by atoms with E-state index in [4.69, 9.17) is 5.11 Å². The maximum atomic E-state index is 10.9. The van der Waals surface area contributed by atoms with E-state index in [9.17, 15) is 4.79 Å². The average molecular weight is 230 g/mol. The van der Waals surface area contributed by atoms with E-state index in [-0.39, 0.29) is 5.69 Å². The lowest BCUT2D eigenvalue weighted by molar-refractivity contribution is 0.0689. The van der Waals surface area contributed by atoms with Crippen LogP contribution in [0.2, 0.25) is 0 Å². The third kappa shape index (κ3) is 2.20. The topological polar surface area (TPSA) is 55.1 Å². The van der Waals surface area contributed by atoms with Gasteiger partial charge in [-0.05, 0) is 25.5 Å². The van der Waals surface area contributed by atoms with Crippen molar-refractivity contribution >= 4 is 5.97 Å². The fourth-order valence-electron chi connectivity index (χ4n) is 1.72. The summed E-state index contributed by atoms with van der Waals surface area (Å²) in [6.45, 7) is 4.61. The van der Waals surface area contributed by atoms with E-state index < -0.39 is 5.97 Å². The molecule has 2 aromatic rings. The van der Waals surface area contributed by atoms with Crippen molar-refractivity contribution in [2.45, 2.75) is 20.4 Å². The highest BCUT2D eigenvalue weighted by Crippen LogP contribution is 2.21. The molecule has 1 N–H and O–H groups in total. The van der Waals surface area contributed by atoms with Crippen LogP contribution >= 0.6 is 0 Å². The number of rotatable bonds is 3. The quantitative estimate of drug-likeness (QED) is 0.881. The minimum Gasteiger partial charge on any atom is -0.476 e. The molecule has 0 aliphatic rings. The smallest absolute Gasteiger partial charge is 0.356 e. The van der Waals surface area contributed by atoms with E-state index in [0.29, 0.717) is 6.54 Å². The number of hydrogen-bond donors (Lipinski definition) is 1. The number of carboxylic acids is 1. The summed E-state index contributed by atoms with van der Waals surface area (Å²) in [6, 6.07) is 9.57. The highest BCUT2D eigenvalue weighted by atomic mass is 16.4. The van der Waals surface area contributed by atoms with Gasteiger partial charge < -0.3 is 5.11 Å². The second kappa shape index (κ2) is 4.41. The molecule has 88 valence electrons.